The third-order valence-corrected chi connectivity index (χ3v) is 3.33. The molecule has 3 rings (SSSR count). The molecule has 0 aliphatic heterocycles. The molecule has 2 aromatic carbocycles. The molecule has 1 aromatic heterocycles. The molecule has 0 unspecified atom stereocenters. The predicted molar refractivity (Wildman–Crippen MR) is 77.2 cm³/mol. The van der Waals surface area contributed by atoms with Gasteiger partial charge in [-0.3, -0.25) is 0 Å². The average Bonchev–Trinajstić information content (AvgIpc) is 2.81. The first kappa shape index (κ1) is 13.1. The van der Waals surface area contributed by atoms with E-state index in [1.807, 2.05) is 25.2 Å². The van der Waals surface area contributed by atoms with Crippen molar-refractivity contribution in [1.82, 2.24) is 10.3 Å². The van der Waals surface area contributed by atoms with Gasteiger partial charge in [0.05, 0.1) is 10.6 Å². The zero-order valence-electron chi connectivity index (χ0n) is 10.8. The van der Waals surface area contributed by atoms with Crippen LogP contribution in [0.25, 0.3) is 22.6 Å². The highest BCUT2D eigenvalue weighted by Gasteiger charge is 2.16. The third-order valence-electron chi connectivity index (χ3n) is 3.01. The van der Waals surface area contributed by atoms with Gasteiger partial charge in [0.1, 0.15) is 11.3 Å². The van der Waals surface area contributed by atoms with E-state index < -0.39 is 5.82 Å². The Morgan fingerprint density at radius 1 is 1.30 bits per heavy atom. The van der Waals surface area contributed by atoms with Crippen LogP contribution in [0.1, 0.15) is 5.56 Å². The summed E-state index contributed by atoms with van der Waals surface area (Å²) in [5, 5.41) is 3.35. The Hall–Kier alpha value is -1.91. The van der Waals surface area contributed by atoms with E-state index in [-0.39, 0.29) is 16.5 Å². The largest absolute Gasteiger partial charge is 0.436 e. The number of fused-ring (bicyclic) bond motifs is 1. The van der Waals surface area contributed by atoms with Gasteiger partial charge < -0.3 is 9.73 Å². The number of benzene rings is 2. The van der Waals surface area contributed by atoms with Crippen molar-refractivity contribution < 1.29 is 8.81 Å². The molecule has 0 fully saturated rings. The number of halogens is 2. The monoisotopic (exact) mass is 290 g/mol. The van der Waals surface area contributed by atoms with Crippen LogP contribution in [0.5, 0.6) is 0 Å². The van der Waals surface area contributed by atoms with Crippen molar-refractivity contribution in [1.29, 1.82) is 0 Å². The van der Waals surface area contributed by atoms with E-state index in [1.54, 1.807) is 12.1 Å². The van der Waals surface area contributed by atoms with Crippen molar-refractivity contribution in [2.75, 3.05) is 7.05 Å². The lowest BCUT2D eigenvalue weighted by atomic mass is 10.2. The molecule has 0 aliphatic carbocycles. The Morgan fingerprint density at radius 2 is 2.15 bits per heavy atom. The van der Waals surface area contributed by atoms with Crippen LogP contribution < -0.4 is 5.32 Å². The van der Waals surface area contributed by atoms with E-state index in [1.165, 1.54) is 6.07 Å². The van der Waals surface area contributed by atoms with Gasteiger partial charge in [0, 0.05) is 6.54 Å². The summed E-state index contributed by atoms with van der Waals surface area (Å²) in [5.74, 6) is -0.246. The van der Waals surface area contributed by atoms with Crippen molar-refractivity contribution in [2.24, 2.45) is 0 Å². The maximum atomic E-state index is 13.9. The average molecular weight is 291 g/mol. The molecule has 0 bridgehead atoms. The molecule has 20 heavy (non-hydrogen) atoms. The Kier molecular flexibility index (Phi) is 3.42. The summed E-state index contributed by atoms with van der Waals surface area (Å²) in [6, 6.07) is 10.2. The van der Waals surface area contributed by atoms with Crippen LogP contribution in [0.2, 0.25) is 5.02 Å². The maximum absolute atomic E-state index is 13.9. The molecule has 0 saturated heterocycles. The molecule has 3 nitrogen and oxygen atoms in total. The summed E-state index contributed by atoms with van der Waals surface area (Å²) < 4.78 is 19.5. The van der Waals surface area contributed by atoms with Gasteiger partial charge in [-0.05, 0) is 36.9 Å². The quantitative estimate of drug-likeness (QED) is 0.792. The van der Waals surface area contributed by atoms with E-state index in [0.717, 1.165) is 12.1 Å². The smallest absolute Gasteiger partial charge is 0.231 e. The second-order valence-electron chi connectivity index (χ2n) is 4.45. The van der Waals surface area contributed by atoms with Crippen molar-refractivity contribution in [2.45, 2.75) is 6.54 Å². The van der Waals surface area contributed by atoms with Crippen LogP contribution >= 0.6 is 11.6 Å². The number of hydrogen-bond acceptors (Lipinski definition) is 3. The lowest BCUT2D eigenvalue weighted by molar-refractivity contribution is 0.593. The zero-order valence-corrected chi connectivity index (χ0v) is 11.5. The second-order valence-corrected chi connectivity index (χ2v) is 4.86. The highest BCUT2D eigenvalue weighted by atomic mass is 35.5. The van der Waals surface area contributed by atoms with E-state index in [9.17, 15) is 4.39 Å². The minimum atomic E-state index is -0.445. The third kappa shape index (κ3) is 2.28. The SMILES string of the molecule is CNCc1ccc2nc(-c3c(F)cccc3Cl)oc2c1. The van der Waals surface area contributed by atoms with Crippen LogP contribution in [-0.4, -0.2) is 12.0 Å². The Bertz CT molecular complexity index is 749. The number of nitrogens with one attached hydrogen (secondary N) is 1. The Morgan fingerprint density at radius 3 is 2.90 bits per heavy atom. The molecule has 5 heteroatoms. The van der Waals surface area contributed by atoms with E-state index in [4.69, 9.17) is 16.0 Å². The zero-order chi connectivity index (χ0) is 14.1. The molecule has 0 amide bonds. The lowest BCUT2D eigenvalue weighted by Crippen LogP contribution is -2.04. The van der Waals surface area contributed by atoms with Crippen LogP contribution in [-0.2, 0) is 6.54 Å². The minimum absolute atomic E-state index is 0.195. The molecular weight excluding hydrogens is 279 g/mol. The molecule has 0 atom stereocenters. The molecule has 0 aliphatic rings. The number of nitrogens with zero attached hydrogens (tertiary/aromatic N) is 1. The summed E-state index contributed by atoms with van der Waals surface area (Å²) in [7, 11) is 1.87. The topological polar surface area (TPSA) is 38.1 Å². The summed E-state index contributed by atoms with van der Waals surface area (Å²) in [6.45, 7) is 0.729. The van der Waals surface area contributed by atoms with Gasteiger partial charge >= 0.3 is 0 Å². The molecule has 102 valence electrons. The first-order valence-corrected chi connectivity index (χ1v) is 6.55. The highest BCUT2D eigenvalue weighted by Crippen LogP contribution is 2.32. The van der Waals surface area contributed by atoms with E-state index in [0.29, 0.717) is 11.1 Å². The number of oxazole rings is 1. The fraction of sp³-hybridized carbons (Fsp3) is 0.133. The first-order valence-electron chi connectivity index (χ1n) is 6.17. The van der Waals surface area contributed by atoms with Gasteiger partial charge in [0.25, 0.3) is 0 Å². The number of rotatable bonds is 3. The van der Waals surface area contributed by atoms with Crippen LogP contribution in [0.15, 0.2) is 40.8 Å². The highest BCUT2D eigenvalue weighted by molar-refractivity contribution is 6.33. The summed E-state index contributed by atoms with van der Waals surface area (Å²) in [6.07, 6.45) is 0. The Balaban J connectivity index is 2.13. The van der Waals surface area contributed by atoms with Gasteiger partial charge in [0.15, 0.2) is 5.58 Å². The first-order chi connectivity index (χ1) is 9.69. The fourth-order valence-electron chi connectivity index (χ4n) is 2.09. The standard InChI is InChI=1S/C15H12ClFN2O/c1-18-8-9-5-6-12-13(7-9)20-15(19-12)14-10(16)3-2-4-11(14)17/h2-7,18H,8H2,1H3. The van der Waals surface area contributed by atoms with E-state index >= 15 is 0 Å². The number of hydrogen-bond donors (Lipinski definition) is 1. The normalized spacial score (nSPS) is 11.2. The minimum Gasteiger partial charge on any atom is -0.436 e. The van der Waals surface area contributed by atoms with E-state index in [2.05, 4.69) is 10.3 Å². The lowest BCUT2D eigenvalue weighted by Gasteiger charge is -2.00. The molecule has 0 saturated carbocycles. The van der Waals surface area contributed by atoms with Gasteiger partial charge in [-0.15, -0.1) is 0 Å². The van der Waals surface area contributed by atoms with Crippen molar-refractivity contribution >= 4 is 22.7 Å². The molecule has 3 aromatic rings. The van der Waals surface area contributed by atoms with Gasteiger partial charge in [-0.1, -0.05) is 23.7 Å². The summed E-state index contributed by atoms with van der Waals surface area (Å²) >= 11 is 6.02. The van der Waals surface area contributed by atoms with Crippen LogP contribution in [0, 0.1) is 5.82 Å². The van der Waals surface area contributed by atoms with Crippen LogP contribution in [0.3, 0.4) is 0 Å². The van der Waals surface area contributed by atoms with Gasteiger partial charge in [0.2, 0.25) is 5.89 Å². The molecular formula is C15H12ClFN2O. The second kappa shape index (κ2) is 5.23. The molecule has 0 spiro atoms. The Labute approximate surface area is 120 Å². The summed E-state index contributed by atoms with van der Waals surface area (Å²) in [5.41, 5.74) is 2.56. The van der Waals surface area contributed by atoms with Crippen molar-refractivity contribution in [3.05, 3.63) is 52.8 Å². The summed E-state index contributed by atoms with van der Waals surface area (Å²) in [4.78, 5) is 4.29. The van der Waals surface area contributed by atoms with Gasteiger partial charge in [-0.2, -0.15) is 0 Å². The fourth-order valence-corrected chi connectivity index (χ4v) is 2.34. The predicted octanol–water partition coefficient (Wildman–Crippen LogP) is 4.01. The van der Waals surface area contributed by atoms with Crippen molar-refractivity contribution in [3.8, 4) is 11.5 Å². The number of aromatic nitrogens is 1. The van der Waals surface area contributed by atoms with Crippen LogP contribution in [0.4, 0.5) is 4.39 Å². The maximum Gasteiger partial charge on any atom is 0.231 e. The molecule has 1 heterocycles. The van der Waals surface area contributed by atoms with Crippen molar-refractivity contribution in [3.63, 3.8) is 0 Å². The van der Waals surface area contributed by atoms with Gasteiger partial charge in [-0.25, -0.2) is 9.37 Å². The molecule has 1 N–H and O–H groups in total. The molecule has 0 radical (unpaired) electrons.